The number of benzene rings is 1. The van der Waals surface area contributed by atoms with E-state index >= 15 is 4.39 Å². The van der Waals surface area contributed by atoms with E-state index in [0.29, 0.717) is 17.0 Å². The molecule has 0 radical (unpaired) electrons. The lowest BCUT2D eigenvalue weighted by Gasteiger charge is -2.43. The third kappa shape index (κ3) is 4.28. The lowest BCUT2D eigenvalue weighted by molar-refractivity contribution is -0.138. The van der Waals surface area contributed by atoms with Gasteiger partial charge in [-0.2, -0.15) is 5.26 Å². The molecule has 29 heavy (non-hydrogen) atoms. The summed E-state index contributed by atoms with van der Waals surface area (Å²) in [6, 6.07) is 9.27. The van der Waals surface area contributed by atoms with Crippen LogP contribution in [0.15, 0.2) is 48.3 Å². The van der Waals surface area contributed by atoms with Crippen molar-refractivity contribution in [1.29, 1.82) is 5.26 Å². The standard InChI is InChI=1S/C24H28FNO3/c1-2-13-29-16-17-7-9-20(10-8-17)24(21-6-4-3-5-19(21)15-26)12-11-18(23(27)28)14-22(24)25/h3-6,11-12,14,17-18,20H,2,7-10,13,16H2,1H3,(H,27,28)/t17-,18?,20-,24?. The van der Waals surface area contributed by atoms with Crippen LogP contribution < -0.4 is 0 Å². The van der Waals surface area contributed by atoms with Crippen LogP contribution in [0.5, 0.6) is 0 Å². The second kappa shape index (κ2) is 9.37. The van der Waals surface area contributed by atoms with Gasteiger partial charge < -0.3 is 9.84 Å². The van der Waals surface area contributed by atoms with Crippen LogP contribution in [-0.4, -0.2) is 24.3 Å². The van der Waals surface area contributed by atoms with Gasteiger partial charge in [-0.1, -0.05) is 37.3 Å². The van der Waals surface area contributed by atoms with E-state index < -0.39 is 23.1 Å². The summed E-state index contributed by atoms with van der Waals surface area (Å²) in [6.07, 6.45) is 8.96. The minimum absolute atomic E-state index is 0.0262. The highest BCUT2D eigenvalue weighted by molar-refractivity contribution is 5.75. The van der Waals surface area contributed by atoms with Gasteiger partial charge in [-0.15, -0.1) is 0 Å². The number of halogens is 1. The Labute approximate surface area is 171 Å². The first-order valence-corrected chi connectivity index (χ1v) is 10.4. The third-order valence-electron chi connectivity index (χ3n) is 6.26. The Hall–Kier alpha value is -2.45. The predicted molar refractivity (Wildman–Crippen MR) is 109 cm³/mol. The van der Waals surface area contributed by atoms with Gasteiger partial charge in [0.15, 0.2) is 0 Å². The Morgan fingerprint density at radius 2 is 2.03 bits per heavy atom. The molecule has 3 rings (SSSR count). The SMILES string of the molecule is CCCOC[C@H]1CC[C@H](C2(c3ccccc3C#N)C=CC(C(=O)O)C=C2F)CC1. The fraction of sp³-hybridized carbons (Fsp3) is 0.500. The van der Waals surface area contributed by atoms with Crippen molar-refractivity contribution in [3.05, 3.63) is 59.4 Å². The van der Waals surface area contributed by atoms with Crippen molar-refractivity contribution in [3.8, 4) is 6.07 Å². The lowest BCUT2D eigenvalue weighted by atomic mass is 9.60. The summed E-state index contributed by atoms with van der Waals surface area (Å²) in [5.41, 5.74) is -0.0158. The van der Waals surface area contributed by atoms with Crippen LogP contribution in [0.1, 0.15) is 50.2 Å². The van der Waals surface area contributed by atoms with E-state index in [2.05, 4.69) is 13.0 Å². The van der Waals surface area contributed by atoms with Crippen molar-refractivity contribution < 1.29 is 19.0 Å². The topological polar surface area (TPSA) is 70.3 Å². The summed E-state index contributed by atoms with van der Waals surface area (Å²) in [7, 11) is 0. The normalized spacial score (nSPS) is 29.1. The van der Waals surface area contributed by atoms with Crippen molar-refractivity contribution >= 4 is 5.97 Å². The molecular formula is C24H28FNO3. The number of nitrogens with zero attached hydrogens (tertiary/aromatic N) is 1. The highest BCUT2D eigenvalue weighted by Gasteiger charge is 2.47. The summed E-state index contributed by atoms with van der Waals surface area (Å²) in [4.78, 5) is 11.4. The van der Waals surface area contributed by atoms with Gasteiger partial charge in [-0.05, 0) is 61.6 Å². The number of carboxylic acids is 1. The van der Waals surface area contributed by atoms with Crippen LogP contribution in [-0.2, 0) is 14.9 Å². The second-order valence-electron chi connectivity index (χ2n) is 8.06. The highest BCUT2D eigenvalue weighted by atomic mass is 19.1. The molecule has 0 saturated heterocycles. The van der Waals surface area contributed by atoms with Gasteiger partial charge in [0, 0.05) is 13.2 Å². The molecule has 0 spiro atoms. The molecule has 4 nitrogen and oxygen atoms in total. The zero-order valence-corrected chi connectivity index (χ0v) is 16.8. The molecule has 1 aromatic rings. The van der Waals surface area contributed by atoms with Crippen molar-refractivity contribution in [2.24, 2.45) is 17.8 Å². The summed E-state index contributed by atoms with van der Waals surface area (Å²) in [6.45, 7) is 3.58. The van der Waals surface area contributed by atoms with Gasteiger partial charge in [0.25, 0.3) is 0 Å². The molecular weight excluding hydrogens is 369 g/mol. The van der Waals surface area contributed by atoms with Crippen LogP contribution in [0.3, 0.4) is 0 Å². The van der Waals surface area contributed by atoms with Crippen molar-refractivity contribution in [1.82, 2.24) is 0 Å². The molecule has 0 heterocycles. The number of ether oxygens (including phenoxy) is 1. The van der Waals surface area contributed by atoms with Crippen molar-refractivity contribution in [2.75, 3.05) is 13.2 Å². The first-order chi connectivity index (χ1) is 14.0. The molecule has 0 bridgehead atoms. The molecule has 2 unspecified atom stereocenters. The number of carboxylic acid groups (broad SMARTS) is 1. The quantitative estimate of drug-likeness (QED) is 0.510. The summed E-state index contributed by atoms with van der Waals surface area (Å²) in [5, 5.41) is 18.9. The molecule has 0 amide bonds. The summed E-state index contributed by atoms with van der Waals surface area (Å²) in [5.74, 6) is -2.07. The van der Waals surface area contributed by atoms with Crippen LogP contribution in [0.2, 0.25) is 0 Å². The van der Waals surface area contributed by atoms with Crippen LogP contribution in [0.4, 0.5) is 4.39 Å². The first-order valence-electron chi connectivity index (χ1n) is 10.4. The number of carbonyl (C=O) groups is 1. The minimum atomic E-state index is -1.08. The molecule has 2 aliphatic rings. The number of allylic oxidation sites excluding steroid dienone is 2. The maximum atomic E-state index is 15.7. The molecule has 1 N–H and O–H groups in total. The van der Waals surface area contributed by atoms with Crippen LogP contribution >= 0.6 is 0 Å². The van der Waals surface area contributed by atoms with Gasteiger partial charge in [-0.3, -0.25) is 4.79 Å². The average Bonchev–Trinajstić information content (AvgIpc) is 2.74. The Morgan fingerprint density at radius 3 is 2.66 bits per heavy atom. The van der Waals surface area contributed by atoms with Gasteiger partial charge >= 0.3 is 5.97 Å². The highest BCUT2D eigenvalue weighted by Crippen LogP contribution is 2.51. The molecule has 1 fully saturated rings. The molecule has 2 aliphatic carbocycles. The maximum Gasteiger partial charge on any atom is 0.314 e. The van der Waals surface area contributed by atoms with E-state index in [4.69, 9.17) is 4.74 Å². The van der Waals surface area contributed by atoms with E-state index in [0.717, 1.165) is 45.3 Å². The molecule has 2 atom stereocenters. The van der Waals surface area contributed by atoms with Gasteiger partial charge in [0.1, 0.15) is 5.83 Å². The number of aliphatic carboxylic acids is 1. The molecule has 154 valence electrons. The van der Waals surface area contributed by atoms with Crippen molar-refractivity contribution in [2.45, 2.75) is 44.4 Å². The number of hydrogen-bond acceptors (Lipinski definition) is 3. The second-order valence-corrected chi connectivity index (χ2v) is 8.06. The molecule has 5 heteroatoms. The fourth-order valence-electron chi connectivity index (χ4n) is 4.73. The maximum absolute atomic E-state index is 15.7. The molecule has 1 saturated carbocycles. The van der Waals surface area contributed by atoms with Crippen LogP contribution in [0, 0.1) is 29.1 Å². The Morgan fingerprint density at radius 1 is 1.31 bits per heavy atom. The van der Waals surface area contributed by atoms with Crippen molar-refractivity contribution in [3.63, 3.8) is 0 Å². The van der Waals surface area contributed by atoms with E-state index in [1.165, 1.54) is 6.08 Å². The first kappa shape index (κ1) is 21.3. The van der Waals surface area contributed by atoms with Gasteiger partial charge in [0.05, 0.1) is 23.0 Å². The van der Waals surface area contributed by atoms with Gasteiger partial charge in [0.2, 0.25) is 0 Å². The Balaban J connectivity index is 1.92. The lowest BCUT2D eigenvalue weighted by Crippen LogP contribution is -2.40. The largest absolute Gasteiger partial charge is 0.481 e. The molecule has 0 aromatic heterocycles. The Kier molecular flexibility index (Phi) is 6.87. The Bertz CT molecular complexity index is 833. The minimum Gasteiger partial charge on any atom is -0.481 e. The monoisotopic (exact) mass is 397 g/mol. The zero-order chi connectivity index (χ0) is 20.9. The van der Waals surface area contributed by atoms with E-state index in [1.807, 2.05) is 6.07 Å². The van der Waals surface area contributed by atoms with Crippen LogP contribution in [0.25, 0.3) is 0 Å². The zero-order valence-electron chi connectivity index (χ0n) is 16.8. The summed E-state index contributed by atoms with van der Waals surface area (Å²) < 4.78 is 21.4. The number of rotatable bonds is 7. The van der Waals surface area contributed by atoms with E-state index in [-0.39, 0.29) is 5.92 Å². The molecule has 0 aliphatic heterocycles. The smallest absolute Gasteiger partial charge is 0.314 e. The van der Waals surface area contributed by atoms with Gasteiger partial charge in [-0.25, -0.2) is 4.39 Å². The number of hydrogen-bond donors (Lipinski definition) is 1. The fourth-order valence-corrected chi connectivity index (χ4v) is 4.73. The third-order valence-corrected chi connectivity index (χ3v) is 6.26. The van der Waals surface area contributed by atoms with E-state index in [1.54, 1.807) is 30.4 Å². The molecule has 1 aromatic carbocycles. The average molecular weight is 397 g/mol. The summed E-state index contributed by atoms with van der Waals surface area (Å²) >= 11 is 0. The number of nitriles is 1. The predicted octanol–water partition coefficient (Wildman–Crippen LogP) is 5.15. The van der Waals surface area contributed by atoms with E-state index in [9.17, 15) is 15.2 Å².